The number of halogens is 1. The van der Waals surface area contributed by atoms with Crippen LogP contribution >= 0.6 is 0 Å². The Labute approximate surface area is 196 Å². The number of nitrogens with one attached hydrogen (secondary N) is 2. The largest absolute Gasteiger partial charge is 0.489 e. The summed E-state index contributed by atoms with van der Waals surface area (Å²) < 4.78 is 20.4. The van der Waals surface area contributed by atoms with Crippen molar-refractivity contribution in [3.05, 3.63) is 103 Å². The first-order valence-corrected chi connectivity index (χ1v) is 10.9. The number of aromatic nitrogens is 2. The van der Waals surface area contributed by atoms with Gasteiger partial charge in [0, 0.05) is 47.6 Å². The molecule has 0 saturated carbocycles. The fourth-order valence-corrected chi connectivity index (χ4v) is 3.92. The minimum Gasteiger partial charge on any atom is -0.489 e. The zero-order valence-electron chi connectivity index (χ0n) is 18.5. The summed E-state index contributed by atoms with van der Waals surface area (Å²) in [6.07, 6.45) is 3.60. The number of nitrogens with zero attached hydrogens (tertiary/aromatic N) is 1. The van der Waals surface area contributed by atoms with Crippen LogP contribution in [0.3, 0.4) is 0 Å². The quantitative estimate of drug-likeness (QED) is 0.307. The van der Waals surface area contributed by atoms with Crippen LogP contribution in [0.4, 0.5) is 10.1 Å². The van der Waals surface area contributed by atoms with Crippen molar-refractivity contribution in [2.45, 2.75) is 13.5 Å². The first-order valence-electron chi connectivity index (χ1n) is 10.9. The van der Waals surface area contributed by atoms with Crippen molar-refractivity contribution in [1.82, 2.24) is 9.97 Å². The highest BCUT2D eigenvalue weighted by Gasteiger charge is 2.12. The van der Waals surface area contributed by atoms with E-state index in [-0.39, 0.29) is 11.7 Å². The molecule has 6 heteroatoms. The minimum atomic E-state index is -0.373. The van der Waals surface area contributed by atoms with Crippen molar-refractivity contribution in [2.24, 2.45) is 0 Å². The molecule has 168 valence electrons. The predicted octanol–water partition coefficient (Wildman–Crippen LogP) is 6.57. The lowest BCUT2D eigenvalue weighted by atomic mass is 10.0. The van der Waals surface area contributed by atoms with E-state index in [1.54, 1.807) is 6.20 Å². The number of benzene rings is 3. The highest BCUT2D eigenvalue weighted by Crippen LogP contribution is 2.34. The van der Waals surface area contributed by atoms with Crippen molar-refractivity contribution in [1.29, 1.82) is 0 Å². The fourth-order valence-electron chi connectivity index (χ4n) is 3.92. The van der Waals surface area contributed by atoms with Crippen LogP contribution in [0, 0.1) is 5.82 Å². The van der Waals surface area contributed by atoms with Crippen molar-refractivity contribution in [3.63, 3.8) is 0 Å². The Kier molecular flexibility index (Phi) is 5.79. The molecular weight excluding hydrogens is 429 g/mol. The second kappa shape index (κ2) is 9.19. The molecule has 0 bridgehead atoms. The first kappa shape index (κ1) is 21.4. The Hall–Kier alpha value is -4.45. The third-order valence-electron chi connectivity index (χ3n) is 5.48. The van der Waals surface area contributed by atoms with Gasteiger partial charge in [-0.2, -0.15) is 0 Å². The molecule has 0 radical (unpaired) electrons. The first-order chi connectivity index (χ1) is 16.5. The van der Waals surface area contributed by atoms with Crippen LogP contribution in [0.2, 0.25) is 0 Å². The summed E-state index contributed by atoms with van der Waals surface area (Å²) in [6, 6.07) is 24.0. The Bertz CT molecular complexity index is 1480. The van der Waals surface area contributed by atoms with Gasteiger partial charge in [-0.1, -0.05) is 42.5 Å². The third kappa shape index (κ3) is 4.66. The van der Waals surface area contributed by atoms with Crippen LogP contribution in [0.1, 0.15) is 12.5 Å². The molecule has 2 heterocycles. The van der Waals surface area contributed by atoms with Crippen molar-refractivity contribution in [2.75, 3.05) is 5.32 Å². The maximum Gasteiger partial charge on any atom is 0.221 e. The topological polar surface area (TPSA) is 67.0 Å². The normalized spacial score (nSPS) is 10.9. The summed E-state index contributed by atoms with van der Waals surface area (Å²) in [5.41, 5.74) is 5.75. The van der Waals surface area contributed by atoms with Gasteiger partial charge in [0.1, 0.15) is 23.8 Å². The summed E-state index contributed by atoms with van der Waals surface area (Å²) in [6.45, 7) is 1.83. The van der Waals surface area contributed by atoms with Crippen LogP contribution in [0.5, 0.6) is 5.75 Å². The Morgan fingerprint density at radius 2 is 1.82 bits per heavy atom. The zero-order valence-corrected chi connectivity index (χ0v) is 18.5. The second-order valence-corrected chi connectivity index (χ2v) is 8.03. The number of hydrogen-bond acceptors (Lipinski definition) is 3. The number of pyridine rings is 1. The number of carbonyl (C=O) groups is 1. The standard InChI is InChI=1S/C28H22FN3O2/c1-18(33)32-24-9-5-8-20(11-24)22-13-26-27(16-31-28(26)30-15-22)21-10-23(29)14-25(12-21)34-17-19-6-3-2-4-7-19/h2-16H,17H2,1H3,(H,30,31)(H,32,33). The maximum atomic E-state index is 14.5. The molecular formula is C28H22FN3O2. The van der Waals surface area contributed by atoms with Gasteiger partial charge in [0.2, 0.25) is 5.91 Å². The maximum absolute atomic E-state index is 14.5. The van der Waals surface area contributed by atoms with Crippen molar-refractivity contribution < 1.29 is 13.9 Å². The molecule has 2 aromatic heterocycles. The van der Waals surface area contributed by atoms with Gasteiger partial charge in [-0.25, -0.2) is 9.37 Å². The van der Waals surface area contributed by atoms with Gasteiger partial charge in [-0.3, -0.25) is 4.79 Å². The van der Waals surface area contributed by atoms with Crippen LogP contribution in [-0.4, -0.2) is 15.9 Å². The van der Waals surface area contributed by atoms with Gasteiger partial charge >= 0.3 is 0 Å². The molecule has 2 N–H and O–H groups in total. The number of H-pyrrole nitrogens is 1. The number of fused-ring (bicyclic) bond motifs is 1. The van der Waals surface area contributed by atoms with Crippen molar-refractivity contribution in [3.8, 4) is 28.0 Å². The fraction of sp³-hybridized carbons (Fsp3) is 0.0714. The van der Waals surface area contributed by atoms with Crippen LogP contribution in [0.25, 0.3) is 33.3 Å². The average molecular weight is 452 g/mol. The van der Waals surface area contributed by atoms with E-state index >= 15 is 0 Å². The monoisotopic (exact) mass is 451 g/mol. The van der Waals surface area contributed by atoms with E-state index in [9.17, 15) is 9.18 Å². The number of carbonyl (C=O) groups excluding carboxylic acids is 1. The molecule has 0 atom stereocenters. The molecule has 5 rings (SSSR count). The molecule has 3 aromatic carbocycles. The molecule has 0 aliphatic carbocycles. The Morgan fingerprint density at radius 3 is 2.65 bits per heavy atom. The molecule has 0 spiro atoms. The number of anilines is 1. The molecule has 1 amide bonds. The van der Waals surface area contributed by atoms with E-state index < -0.39 is 0 Å². The van der Waals surface area contributed by atoms with Gasteiger partial charge in [0.15, 0.2) is 0 Å². The second-order valence-electron chi connectivity index (χ2n) is 8.03. The molecule has 0 saturated heterocycles. The SMILES string of the molecule is CC(=O)Nc1cccc(-c2cnc3[nH]cc(-c4cc(F)cc(OCc5ccccc5)c4)c3c2)c1. The highest BCUT2D eigenvalue weighted by atomic mass is 19.1. The smallest absolute Gasteiger partial charge is 0.221 e. The summed E-state index contributed by atoms with van der Waals surface area (Å²) in [4.78, 5) is 19.1. The number of rotatable bonds is 6. The van der Waals surface area contributed by atoms with E-state index in [4.69, 9.17) is 4.74 Å². The average Bonchev–Trinajstić information content (AvgIpc) is 3.26. The lowest BCUT2D eigenvalue weighted by Crippen LogP contribution is -2.05. The van der Waals surface area contributed by atoms with E-state index in [1.165, 1.54) is 19.1 Å². The van der Waals surface area contributed by atoms with E-state index in [1.807, 2.05) is 72.9 Å². The highest BCUT2D eigenvalue weighted by molar-refractivity contribution is 5.96. The molecule has 0 fully saturated rings. The molecule has 34 heavy (non-hydrogen) atoms. The molecule has 0 unspecified atom stereocenters. The Balaban J connectivity index is 1.49. The van der Waals surface area contributed by atoms with Gasteiger partial charge in [-0.05, 0) is 47.0 Å². The van der Waals surface area contributed by atoms with Crippen LogP contribution in [-0.2, 0) is 11.4 Å². The molecule has 0 aliphatic heterocycles. The lowest BCUT2D eigenvalue weighted by molar-refractivity contribution is -0.114. The molecule has 5 nitrogen and oxygen atoms in total. The van der Waals surface area contributed by atoms with Gasteiger partial charge in [0.05, 0.1) is 0 Å². The number of amides is 1. The lowest BCUT2D eigenvalue weighted by Gasteiger charge is -2.09. The van der Waals surface area contributed by atoms with Crippen molar-refractivity contribution >= 4 is 22.6 Å². The predicted molar refractivity (Wildman–Crippen MR) is 132 cm³/mol. The van der Waals surface area contributed by atoms with E-state index in [0.29, 0.717) is 29.3 Å². The number of aromatic amines is 1. The van der Waals surface area contributed by atoms with E-state index in [0.717, 1.165) is 27.6 Å². The molecule has 0 aliphatic rings. The third-order valence-corrected chi connectivity index (χ3v) is 5.48. The number of hydrogen-bond donors (Lipinski definition) is 2. The summed E-state index contributed by atoms with van der Waals surface area (Å²) in [7, 11) is 0. The van der Waals surface area contributed by atoms with E-state index in [2.05, 4.69) is 15.3 Å². The summed E-state index contributed by atoms with van der Waals surface area (Å²) >= 11 is 0. The number of ether oxygens (including phenoxy) is 1. The Morgan fingerprint density at radius 1 is 0.971 bits per heavy atom. The van der Waals surface area contributed by atoms with Crippen LogP contribution < -0.4 is 10.1 Å². The van der Waals surface area contributed by atoms with Crippen LogP contribution in [0.15, 0.2) is 91.3 Å². The summed E-state index contributed by atoms with van der Waals surface area (Å²) in [5.74, 6) is -0.0441. The minimum absolute atomic E-state index is 0.130. The van der Waals surface area contributed by atoms with Gasteiger partial charge in [0.25, 0.3) is 0 Å². The zero-order chi connectivity index (χ0) is 23.5. The van der Waals surface area contributed by atoms with Gasteiger partial charge < -0.3 is 15.0 Å². The van der Waals surface area contributed by atoms with Gasteiger partial charge in [-0.15, -0.1) is 0 Å². The molecule has 5 aromatic rings. The summed E-state index contributed by atoms with van der Waals surface area (Å²) in [5, 5.41) is 3.66.